The molecule has 15 heteroatoms. The van der Waals surface area contributed by atoms with Gasteiger partial charge in [0.05, 0.1) is 12.1 Å². The molecule has 0 spiro atoms. The number of hydrogen-bond acceptors (Lipinski definition) is 9. The van der Waals surface area contributed by atoms with Gasteiger partial charge in [-0.05, 0) is 62.6 Å². The summed E-state index contributed by atoms with van der Waals surface area (Å²) in [5.74, 6) is -2.37. The number of likely N-dealkylation sites (tertiary alicyclic amines) is 1. The Labute approximate surface area is 263 Å². The first-order chi connectivity index (χ1) is 21.2. The number of phenols is 1. The lowest BCUT2D eigenvalue weighted by Crippen LogP contribution is -2.59. The van der Waals surface area contributed by atoms with Crippen LogP contribution < -0.4 is 33.2 Å². The Kier molecular flexibility index (Phi) is 14.7. The van der Waals surface area contributed by atoms with Crippen LogP contribution in [0.4, 0.5) is 0 Å². The number of phenolic OH excluding ortho intramolecular Hbond substituents is 1. The van der Waals surface area contributed by atoms with Crippen LogP contribution >= 0.6 is 0 Å². The third-order valence-electron chi connectivity index (χ3n) is 7.38. The Morgan fingerprint density at radius 3 is 2.27 bits per heavy atom. The topological polar surface area (TPSA) is 256 Å². The van der Waals surface area contributed by atoms with Crippen molar-refractivity contribution in [1.82, 2.24) is 20.9 Å². The smallest absolute Gasteiger partial charge is 0.245 e. The van der Waals surface area contributed by atoms with E-state index in [0.29, 0.717) is 24.8 Å². The van der Waals surface area contributed by atoms with E-state index in [-0.39, 0.29) is 50.0 Å². The van der Waals surface area contributed by atoms with Gasteiger partial charge in [-0.3, -0.25) is 29.0 Å². The van der Waals surface area contributed by atoms with Crippen LogP contribution in [0.15, 0.2) is 29.3 Å². The fourth-order valence-corrected chi connectivity index (χ4v) is 4.97. The first-order valence-electron chi connectivity index (χ1n) is 15.1. The third kappa shape index (κ3) is 12.0. The lowest BCUT2D eigenvalue weighted by molar-refractivity contribution is -0.142. The summed E-state index contributed by atoms with van der Waals surface area (Å²) < 4.78 is 0. The summed E-state index contributed by atoms with van der Waals surface area (Å²) in [6.07, 6.45) is 2.25. The number of aromatic hydroxyl groups is 1. The van der Waals surface area contributed by atoms with Gasteiger partial charge in [0.15, 0.2) is 5.96 Å². The van der Waals surface area contributed by atoms with E-state index in [4.69, 9.17) is 17.2 Å². The SMILES string of the molecule is CC(C)CC(NC(=O)C(Cc1ccc(O)cc1)NC(=O)C(N)CCCN=C(N)N)C(=O)N1CCCC1C(=O)NC([C]=O)C(C)O. The number of aliphatic hydroxyl groups is 1. The molecule has 0 bridgehead atoms. The number of nitrogens with zero attached hydrogens (tertiary/aromatic N) is 2. The quantitative estimate of drug-likeness (QED) is 0.0549. The number of rotatable bonds is 17. The van der Waals surface area contributed by atoms with Crippen LogP contribution in [0.2, 0.25) is 0 Å². The number of benzene rings is 1. The normalized spacial score (nSPS) is 17.8. The molecule has 1 fully saturated rings. The zero-order valence-electron chi connectivity index (χ0n) is 26.1. The molecule has 1 heterocycles. The molecule has 0 aromatic heterocycles. The van der Waals surface area contributed by atoms with E-state index in [9.17, 15) is 34.2 Å². The van der Waals surface area contributed by atoms with E-state index < -0.39 is 59.9 Å². The van der Waals surface area contributed by atoms with Crippen LogP contribution in [0.25, 0.3) is 0 Å². The van der Waals surface area contributed by atoms with Crippen LogP contribution in [0, 0.1) is 5.92 Å². The van der Waals surface area contributed by atoms with Crippen molar-refractivity contribution in [2.75, 3.05) is 13.1 Å². The molecule has 0 aliphatic carbocycles. The van der Waals surface area contributed by atoms with E-state index in [0.717, 1.165) is 0 Å². The van der Waals surface area contributed by atoms with Gasteiger partial charge in [-0.2, -0.15) is 0 Å². The molecule has 45 heavy (non-hydrogen) atoms. The summed E-state index contributed by atoms with van der Waals surface area (Å²) in [4.78, 5) is 69.9. The van der Waals surface area contributed by atoms with Crippen molar-refractivity contribution < 1.29 is 34.2 Å². The molecule has 2 rings (SSSR count). The molecular formula is C30H47N8O7. The Bertz CT molecular complexity index is 1190. The molecule has 11 N–H and O–H groups in total. The second-order valence-electron chi connectivity index (χ2n) is 11.7. The summed E-state index contributed by atoms with van der Waals surface area (Å²) in [6.45, 7) is 5.64. The molecule has 1 aromatic rings. The molecule has 1 aliphatic rings. The summed E-state index contributed by atoms with van der Waals surface area (Å²) in [5.41, 5.74) is 17.4. The van der Waals surface area contributed by atoms with Crippen molar-refractivity contribution in [3.05, 3.63) is 29.8 Å². The van der Waals surface area contributed by atoms with Crippen LogP contribution in [0.3, 0.4) is 0 Å². The highest BCUT2D eigenvalue weighted by Crippen LogP contribution is 2.21. The van der Waals surface area contributed by atoms with Crippen LogP contribution in [-0.2, 0) is 30.4 Å². The zero-order chi connectivity index (χ0) is 33.7. The number of guanidine groups is 1. The zero-order valence-corrected chi connectivity index (χ0v) is 26.1. The van der Waals surface area contributed by atoms with Crippen molar-refractivity contribution in [2.45, 2.75) is 95.6 Å². The molecule has 1 aromatic carbocycles. The van der Waals surface area contributed by atoms with Gasteiger partial charge >= 0.3 is 0 Å². The molecule has 249 valence electrons. The van der Waals surface area contributed by atoms with E-state index in [1.807, 2.05) is 13.8 Å². The van der Waals surface area contributed by atoms with Gasteiger partial charge in [0.1, 0.15) is 29.9 Å². The van der Waals surface area contributed by atoms with Crippen molar-refractivity contribution in [3.8, 4) is 5.75 Å². The maximum atomic E-state index is 13.8. The fraction of sp³-hybridized carbons (Fsp3) is 0.600. The summed E-state index contributed by atoms with van der Waals surface area (Å²) >= 11 is 0. The number of amides is 4. The minimum atomic E-state index is -1.25. The van der Waals surface area contributed by atoms with Gasteiger partial charge in [-0.25, -0.2) is 0 Å². The van der Waals surface area contributed by atoms with Crippen molar-refractivity contribution in [2.24, 2.45) is 28.1 Å². The first kappa shape index (κ1) is 36.9. The second-order valence-corrected chi connectivity index (χ2v) is 11.7. The molecule has 1 aliphatic heterocycles. The number of carbonyl (C=O) groups excluding carboxylic acids is 5. The molecule has 6 atom stereocenters. The molecule has 0 saturated carbocycles. The second kappa shape index (κ2) is 17.9. The average Bonchev–Trinajstić information content (AvgIpc) is 3.47. The minimum Gasteiger partial charge on any atom is -0.508 e. The highest BCUT2D eigenvalue weighted by Gasteiger charge is 2.39. The van der Waals surface area contributed by atoms with Crippen molar-refractivity contribution >= 4 is 35.9 Å². The Balaban J connectivity index is 2.24. The third-order valence-corrected chi connectivity index (χ3v) is 7.38. The molecule has 15 nitrogen and oxygen atoms in total. The fourth-order valence-electron chi connectivity index (χ4n) is 4.97. The van der Waals surface area contributed by atoms with E-state index in [1.54, 1.807) is 18.4 Å². The first-order valence-corrected chi connectivity index (χ1v) is 15.1. The Morgan fingerprint density at radius 2 is 1.69 bits per heavy atom. The maximum Gasteiger partial charge on any atom is 0.245 e. The van der Waals surface area contributed by atoms with Gasteiger partial charge in [0, 0.05) is 19.5 Å². The van der Waals surface area contributed by atoms with Crippen LogP contribution in [0.5, 0.6) is 5.75 Å². The lowest BCUT2D eigenvalue weighted by atomic mass is 10.00. The van der Waals surface area contributed by atoms with Crippen LogP contribution in [0.1, 0.15) is 58.4 Å². The predicted octanol–water partition coefficient (Wildman–Crippen LogP) is -1.70. The monoisotopic (exact) mass is 631 g/mol. The highest BCUT2D eigenvalue weighted by atomic mass is 16.3. The standard InChI is InChI=1S/C30H47N8O7/c1-17(2)14-23(29(45)38-13-5-7-25(38)28(44)37-24(16-39)18(3)40)36-27(43)22(15-19-8-10-20(41)11-9-19)35-26(42)21(31)6-4-12-34-30(32)33/h8-11,17-18,21-25,40-41H,4-7,12-15,31H2,1-3H3,(H,35,42)(H,36,43)(H,37,44)(H4,32,33,34). The highest BCUT2D eigenvalue weighted by molar-refractivity contribution is 5.95. The van der Waals surface area contributed by atoms with Crippen molar-refractivity contribution in [1.29, 1.82) is 0 Å². The van der Waals surface area contributed by atoms with E-state index in [2.05, 4.69) is 20.9 Å². The molecule has 1 saturated heterocycles. The minimum absolute atomic E-state index is 0.0257. The predicted molar refractivity (Wildman–Crippen MR) is 167 cm³/mol. The molecule has 4 amide bonds. The number of hydrogen-bond donors (Lipinski definition) is 8. The number of aliphatic hydroxyl groups excluding tert-OH is 1. The van der Waals surface area contributed by atoms with E-state index in [1.165, 1.54) is 24.0 Å². The summed E-state index contributed by atoms with van der Waals surface area (Å²) in [5, 5.41) is 27.3. The lowest BCUT2D eigenvalue weighted by Gasteiger charge is -2.31. The Hall–Kier alpha value is -4.24. The number of nitrogens with one attached hydrogen (secondary N) is 3. The summed E-state index contributed by atoms with van der Waals surface area (Å²) in [7, 11) is 0. The van der Waals surface area contributed by atoms with Crippen LogP contribution in [-0.4, -0.2) is 100 Å². The van der Waals surface area contributed by atoms with Gasteiger partial charge < -0.3 is 48.3 Å². The largest absolute Gasteiger partial charge is 0.508 e. The molecular weight excluding hydrogens is 584 g/mol. The Morgan fingerprint density at radius 1 is 1.04 bits per heavy atom. The van der Waals surface area contributed by atoms with Gasteiger partial charge in [-0.15, -0.1) is 0 Å². The van der Waals surface area contributed by atoms with Gasteiger partial charge in [0.2, 0.25) is 29.9 Å². The average molecular weight is 632 g/mol. The molecule has 6 unspecified atom stereocenters. The number of nitrogens with two attached hydrogens (primary N) is 3. The maximum absolute atomic E-state index is 13.8. The number of carbonyl (C=O) groups is 4. The number of aliphatic imine (C=N–C) groups is 1. The van der Waals surface area contributed by atoms with E-state index >= 15 is 0 Å². The van der Waals surface area contributed by atoms with Gasteiger partial charge in [-0.1, -0.05) is 26.0 Å². The molecule has 1 radical (unpaired) electrons. The van der Waals surface area contributed by atoms with Gasteiger partial charge in [0.25, 0.3) is 0 Å². The van der Waals surface area contributed by atoms with Crippen molar-refractivity contribution in [3.63, 3.8) is 0 Å². The summed E-state index contributed by atoms with van der Waals surface area (Å²) in [6, 6.07) is 0.874.